The third-order valence-corrected chi connectivity index (χ3v) is 7.03. The van der Waals surface area contributed by atoms with Gasteiger partial charge in [0.2, 0.25) is 0 Å². The Morgan fingerprint density at radius 3 is 1.92 bits per heavy atom. The lowest BCUT2D eigenvalue weighted by Gasteiger charge is -2.28. The average molecular weight is 519 g/mol. The van der Waals surface area contributed by atoms with E-state index in [1.807, 2.05) is 38.1 Å². The summed E-state index contributed by atoms with van der Waals surface area (Å²) in [4.78, 5) is 12.8. The smallest absolute Gasteiger partial charge is 0.319 e. The van der Waals surface area contributed by atoms with E-state index in [0.717, 1.165) is 40.8 Å². The standard InChI is InChI=1S/C33H43FN2O2/c1-31(2,3)25-19-22(20-26(29(25)37)32(4,5)6)17-18-23-13-9-12-16-28(23)36-30(38)35-21-33(7,8)24-14-10-11-15-27(24)34/h9-16,19-20,37H,17-18,21H2,1-8H3,(H2,35,36,38). The fraction of sp³-hybridized carbons (Fsp3) is 0.424. The van der Waals surface area contributed by atoms with Gasteiger partial charge in [-0.05, 0) is 63.6 Å². The van der Waals surface area contributed by atoms with E-state index in [4.69, 9.17) is 0 Å². The topological polar surface area (TPSA) is 61.4 Å². The van der Waals surface area contributed by atoms with Gasteiger partial charge >= 0.3 is 6.03 Å². The number of aryl methyl sites for hydroxylation is 2. The van der Waals surface area contributed by atoms with Crippen molar-refractivity contribution < 1.29 is 14.3 Å². The molecule has 0 aliphatic heterocycles. The molecule has 0 bridgehead atoms. The molecular weight excluding hydrogens is 475 g/mol. The second-order valence-corrected chi connectivity index (χ2v) is 12.9. The Hall–Kier alpha value is -3.34. The van der Waals surface area contributed by atoms with Crippen molar-refractivity contribution in [2.75, 3.05) is 11.9 Å². The number of phenols is 1. The fourth-order valence-electron chi connectivity index (χ4n) is 4.69. The summed E-state index contributed by atoms with van der Waals surface area (Å²) in [6, 6.07) is 18.4. The van der Waals surface area contributed by atoms with E-state index >= 15 is 0 Å². The molecule has 0 atom stereocenters. The molecule has 0 aromatic heterocycles. The first-order chi connectivity index (χ1) is 17.6. The van der Waals surface area contributed by atoms with Gasteiger partial charge in [-0.15, -0.1) is 0 Å². The number of aromatic hydroxyl groups is 1. The second kappa shape index (κ2) is 11.2. The highest BCUT2D eigenvalue weighted by molar-refractivity contribution is 5.90. The maximum atomic E-state index is 14.3. The molecule has 0 saturated carbocycles. The van der Waals surface area contributed by atoms with Crippen LogP contribution in [0.15, 0.2) is 60.7 Å². The molecule has 0 aliphatic carbocycles. The van der Waals surface area contributed by atoms with Crippen LogP contribution in [0.2, 0.25) is 0 Å². The highest BCUT2D eigenvalue weighted by Gasteiger charge is 2.27. The summed E-state index contributed by atoms with van der Waals surface area (Å²) in [5.74, 6) is 0.106. The van der Waals surface area contributed by atoms with Gasteiger partial charge in [-0.1, -0.05) is 104 Å². The SMILES string of the molecule is CC(C)(C)c1cc(CCc2ccccc2NC(=O)NCC(C)(C)c2ccccc2F)cc(C(C)(C)C)c1O. The van der Waals surface area contributed by atoms with Crippen LogP contribution in [-0.4, -0.2) is 17.7 Å². The van der Waals surface area contributed by atoms with E-state index in [1.165, 1.54) is 6.07 Å². The van der Waals surface area contributed by atoms with Crippen LogP contribution in [0.4, 0.5) is 14.9 Å². The summed E-state index contributed by atoms with van der Waals surface area (Å²) >= 11 is 0. The number of rotatable bonds is 7. The normalized spacial score (nSPS) is 12.3. The molecule has 4 nitrogen and oxygen atoms in total. The van der Waals surface area contributed by atoms with Crippen molar-refractivity contribution >= 4 is 11.7 Å². The summed E-state index contributed by atoms with van der Waals surface area (Å²) in [5.41, 5.74) is 4.46. The van der Waals surface area contributed by atoms with Gasteiger partial charge < -0.3 is 15.7 Å². The fourth-order valence-corrected chi connectivity index (χ4v) is 4.69. The number of benzene rings is 3. The molecule has 0 fully saturated rings. The maximum Gasteiger partial charge on any atom is 0.319 e. The number of hydrogen-bond donors (Lipinski definition) is 3. The molecule has 2 amide bonds. The summed E-state index contributed by atoms with van der Waals surface area (Å²) in [7, 11) is 0. The molecular formula is C33H43FN2O2. The predicted molar refractivity (Wildman–Crippen MR) is 156 cm³/mol. The molecule has 0 saturated heterocycles. The monoisotopic (exact) mass is 518 g/mol. The van der Waals surface area contributed by atoms with Crippen LogP contribution in [0, 0.1) is 5.82 Å². The van der Waals surface area contributed by atoms with Gasteiger partial charge in [0.05, 0.1) is 0 Å². The lowest BCUT2D eigenvalue weighted by Crippen LogP contribution is -2.39. The largest absolute Gasteiger partial charge is 0.507 e. The van der Waals surface area contributed by atoms with Crippen molar-refractivity contribution in [2.45, 2.75) is 84.5 Å². The third kappa shape index (κ3) is 7.15. The molecule has 3 rings (SSSR count). The molecule has 3 aromatic carbocycles. The van der Waals surface area contributed by atoms with E-state index in [2.05, 4.69) is 64.3 Å². The van der Waals surface area contributed by atoms with E-state index in [9.17, 15) is 14.3 Å². The van der Waals surface area contributed by atoms with Crippen molar-refractivity contribution in [3.05, 3.63) is 94.3 Å². The van der Waals surface area contributed by atoms with Gasteiger partial charge in [-0.25, -0.2) is 9.18 Å². The number of urea groups is 1. The minimum Gasteiger partial charge on any atom is -0.507 e. The molecule has 38 heavy (non-hydrogen) atoms. The zero-order valence-corrected chi connectivity index (χ0v) is 24.1. The highest BCUT2D eigenvalue weighted by Crippen LogP contribution is 2.40. The van der Waals surface area contributed by atoms with Crippen LogP contribution < -0.4 is 10.6 Å². The van der Waals surface area contributed by atoms with E-state index < -0.39 is 5.41 Å². The number of carbonyl (C=O) groups is 1. The third-order valence-electron chi connectivity index (χ3n) is 7.03. The van der Waals surface area contributed by atoms with Crippen molar-refractivity contribution in [3.8, 4) is 5.75 Å². The Morgan fingerprint density at radius 2 is 1.34 bits per heavy atom. The van der Waals surface area contributed by atoms with Gasteiger partial charge in [0.15, 0.2) is 0 Å². The number of nitrogens with one attached hydrogen (secondary N) is 2. The number of carbonyl (C=O) groups excluding carboxylic acids is 1. The molecule has 0 spiro atoms. The van der Waals surface area contributed by atoms with Crippen molar-refractivity contribution in [1.82, 2.24) is 5.32 Å². The summed E-state index contributed by atoms with van der Waals surface area (Å²) in [6.07, 6.45) is 1.50. The van der Waals surface area contributed by atoms with Crippen molar-refractivity contribution in [2.24, 2.45) is 0 Å². The number of para-hydroxylation sites is 1. The number of halogens is 1. The highest BCUT2D eigenvalue weighted by atomic mass is 19.1. The first kappa shape index (κ1) is 29.2. The Labute approximate surface area is 227 Å². The van der Waals surface area contributed by atoms with Crippen molar-refractivity contribution in [1.29, 1.82) is 0 Å². The van der Waals surface area contributed by atoms with Crippen LogP contribution in [0.25, 0.3) is 0 Å². The average Bonchev–Trinajstić information content (AvgIpc) is 2.81. The second-order valence-electron chi connectivity index (χ2n) is 12.9. The first-order valence-corrected chi connectivity index (χ1v) is 13.3. The van der Waals surface area contributed by atoms with Gasteiger partial charge in [-0.2, -0.15) is 0 Å². The number of amides is 2. The molecule has 0 radical (unpaired) electrons. The van der Waals surface area contributed by atoms with E-state index in [-0.39, 0.29) is 22.7 Å². The molecule has 3 aromatic rings. The Balaban J connectivity index is 1.74. The minimum absolute atomic E-state index is 0.186. The number of phenolic OH excluding ortho intramolecular Hbond substituents is 1. The van der Waals surface area contributed by atoms with Crippen LogP contribution in [0.5, 0.6) is 5.75 Å². The summed E-state index contributed by atoms with van der Waals surface area (Å²) < 4.78 is 14.3. The van der Waals surface area contributed by atoms with Crippen LogP contribution in [0.1, 0.15) is 83.2 Å². The zero-order valence-electron chi connectivity index (χ0n) is 24.1. The molecule has 0 unspecified atom stereocenters. The van der Waals surface area contributed by atoms with Gasteiger partial charge in [0, 0.05) is 17.6 Å². The number of hydrogen-bond acceptors (Lipinski definition) is 2. The molecule has 0 heterocycles. The van der Waals surface area contributed by atoms with E-state index in [1.54, 1.807) is 18.2 Å². The lowest BCUT2D eigenvalue weighted by atomic mass is 9.78. The van der Waals surface area contributed by atoms with Gasteiger partial charge in [0.25, 0.3) is 0 Å². The van der Waals surface area contributed by atoms with Gasteiger partial charge in [0.1, 0.15) is 11.6 Å². The van der Waals surface area contributed by atoms with Gasteiger partial charge in [-0.3, -0.25) is 0 Å². The lowest BCUT2D eigenvalue weighted by molar-refractivity contribution is 0.249. The van der Waals surface area contributed by atoms with E-state index in [0.29, 0.717) is 17.9 Å². The van der Waals surface area contributed by atoms with Crippen LogP contribution in [-0.2, 0) is 29.1 Å². The Morgan fingerprint density at radius 1 is 0.789 bits per heavy atom. The molecule has 5 heteroatoms. The summed E-state index contributed by atoms with van der Waals surface area (Å²) in [5, 5.41) is 16.9. The van der Waals surface area contributed by atoms with Crippen LogP contribution >= 0.6 is 0 Å². The molecule has 0 aliphatic rings. The zero-order chi connectivity index (χ0) is 28.3. The number of anilines is 1. The first-order valence-electron chi connectivity index (χ1n) is 13.3. The molecule has 204 valence electrons. The molecule has 3 N–H and O–H groups in total. The maximum absolute atomic E-state index is 14.3. The van der Waals surface area contributed by atoms with Crippen LogP contribution in [0.3, 0.4) is 0 Å². The predicted octanol–water partition coefficient (Wildman–Crippen LogP) is 8.01. The minimum atomic E-state index is -0.559. The summed E-state index contributed by atoms with van der Waals surface area (Å²) in [6.45, 7) is 16.8. The van der Waals surface area contributed by atoms with Crippen molar-refractivity contribution in [3.63, 3.8) is 0 Å². The Bertz CT molecular complexity index is 1250. The quantitative estimate of drug-likeness (QED) is 0.297. The Kier molecular flexibility index (Phi) is 8.60.